The Labute approximate surface area is 135 Å². The van der Waals surface area contributed by atoms with Crippen LogP contribution in [0.3, 0.4) is 0 Å². The minimum Gasteiger partial charge on any atom is -0.504 e. The van der Waals surface area contributed by atoms with Gasteiger partial charge in [0.1, 0.15) is 0 Å². The molecule has 1 aromatic heterocycles. The number of hydrogen-bond donors (Lipinski definition) is 2. The summed E-state index contributed by atoms with van der Waals surface area (Å²) in [5.74, 6) is 0.518. The van der Waals surface area contributed by atoms with Gasteiger partial charge in [0.05, 0.1) is 24.4 Å². The summed E-state index contributed by atoms with van der Waals surface area (Å²) in [6.07, 6.45) is -0.532. The number of phenols is 1. The van der Waals surface area contributed by atoms with E-state index < -0.39 is 6.10 Å². The summed E-state index contributed by atoms with van der Waals surface area (Å²) in [7, 11) is 1.52. The molecule has 118 valence electrons. The van der Waals surface area contributed by atoms with E-state index in [-0.39, 0.29) is 5.75 Å². The number of methoxy groups -OCH3 is 1. The molecule has 3 rings (SSSR count). The summed E-state index contributed by atoms with van der Waals surface area (Å²) < 4.78 is 5.07. The fourth-order valence-corrected chi connectivity index (χ4v) is 2.68. The lowest BCUT2D eigenvalue weighted by Crippen LogP contribution is -1.94. The van der Waals surface area contributed by atoms with Crippen molar-refractivity contribution in [1.29, 1.82) is 0 Å². The van der Waals surface area contributed by atoms with Crippen molar-refractivity contribution in [3.05, 3.63) is 53.6 Å². The Morgan fingerprint density at radius 3 is 2.52 bits per heavy atom. The van der Waals surface area contributed by atoms with E-state index in [2.05, 4.69) is 4.98 Å². The van der Waals surface area contributed by atoms with E-state index in [4.69, 9.17) is 4.74 Å². The van der Waals surface area contributed by atoms with E-state index in [1.165, 1.54) is 7.11 Å². The van der Waals surface area contributed by atoms with Crippen molar-refractivity contribution in [2.75, 3.05) is 7.11 Å². The molecule has 23 heavy (non-hydrogen) atoms. The van der Waals surface area contributed by atoms with E-state index in [0.29, 0.717) is 5.75 Å². The standard InChI is InChI=1S/C19H19NO3/c1-11-8-16(14-5-7-19(23-3)18(22)10-14)20-17-9-13(12(2)21)4-6-15(11)17/h4-10,12,21-22H,1-3H3. The highest BCUT2D eigenvalue weighted by Gasteiger charge is 2.10. The van der Waals surface area contributed by atoms with Crippen LogP contribution in [0.5, 0.6) is 11.5 Å². The van der Waals surface area contributed by atoms with Crippen LogP contribution in [0.1, 0.15) is 24.2 Å². The summed E-state index contributed by atoms with van der Waals surface area (Å²) >= 11 is 0. The van der Waals surface area contributed by atoms with Crippen molar-refractivity contribution in [3.63, 3.8) is 0 Å². The van der Waals surface area contributed by atoms with Gasteiger partial charge in [0.2, 0.25) is 0 Å². The van der Waals surface area contributed by atoms with Gasteiger partial charge in [0.15, 0.2) is 11.5 Å². The van der Waals surface area contributed by atoms with Gasteiger partial charge < -0.3 is 14.9 Å². The molecule has 0 fully saturated rings. The van der Waals surface area contributed by atoms with Gasteiger partial charge in [-0.2, -0.15) is 0 Å². The third-order valence-corrected chi connectivity index (χ3v) is 4.00. The summed E-state index contributed by atoms with van der Waals surface area (Å²) in [6, 6.07) is 13.0. The number of aromatic nitrogens is 1. The van der Waals surface area contributed by atoms with Crippen molar-refractivity contribution in [3.8, 4) is 22.8 Å². The van der Waals surface area contributed by atoms with Crippen LogP contribution in [0.15, 0.2) is 42.5 Å². The first-order chi connectivity index (χ1) is 11.0. The lowest BCUT2D eigenvalue weighted by molar-refractivity contribution is 0.199. The number of rotatable bonds is 3. The van der Waals surface area contributed by atoms with Crippen LogP contribution < -0.4 is 4.74 Å². The van der Waals surface area contributed by atoms with E-state index in [9.17, 15) is 10.2 Å². The van der Waals surface area contributed by atoms with Crippen LogP contribution >= 0.6 is 0 Å². The van der Waals surface area contributed by atoms with Gasteiger partial charge in [-0.3, -0.25) is 0 Å². The average Bonchev–Trinajstić information content (AvgIpc) is 2.54. The second-order valence-electron chi connectivity index (χ2n) is 5.66. The Balaban J connectivity index is 2.16. The quantitative estimate of drug-likeness (QED) is 0.768. The number of aliphatic hydroxyl groups is 1. The first-order valence-corrected chi connectivity index (χ1v) is 7.46. The predicted molar refractivity (Wildman–Crippen MR) is 90.8 cm³/mol. The highest BCUT2D eigenvalue weighted by atomic mass is 16.5. The number of hydrogen-bond acceptors (Lipinski definition) is 4. The summed E-state index contributed by atoms with van der Waals surface area (Å²) in [5, 5.41) is 20.8. The number of phenolic OH excluding ortho intramolecular Hbond substituents is 1. The molecule has 1 heterocycles. The van der Waals surface area contributed by atoms with E-state index in [1.54, 1.807) is 19.1 Å². The van der Waals surface area contributed by atoms with Gasteiger partial charge in [-0.15, -0.1) is 0 Å². The van der Waals surface area contributed by atoms with Crippen LogP contribution in [0.4, 0.5) is 0 Å². The Bertz CT molecular complexity index is 872. The summed E-state index contributed by atoms with van der Waals surface area (Å²) in [5.41, 5.74) is 4.34. The smallest absolute Gasteiger partial charge is 0.160 e. The lowest BCUT2D eigenvalue weighted by Gasteiger charge is -2.11. The first kappa shape index (κ1) is 15.3. The zero-order valence-corrected chi connectivity index (χ0v) is 13.4. The molecular weight excluding hydrogens is 290 g/mol. The van der Waals surface area contributed by atoms with Gasteiger partial charge in [-0.05, 0) is 55.3 Å². The number of aryl methyl sites for hydroxylation is 1. The maximum atomic E-state index is 9.97. The normalized spacial score (nSPS) is 12.3. The fourth-order valence-electron chi connectivity index (χ4n) is 2.68. The highest BCUT2D eigenvalue weighted by Crippen LogP contribution is 2.32. The number of benzene rings is 2. The number of aliphatic hydroxyl groups excluding tert-OH is 1. The van der Waals surface area contributed by atoms with Crippen molar-refractivity contribution in [2.24, 2.45) is 0 Å². The average molecular weight is 309 g/mol. The molecule has 0 aliphatic rings. The second-order valence-corrected chi connectivity index (χ2v) is 5.66. The van der Waals surface area contributed by atoms with Gasteiger partial charge in [0.25, 0.3) is 0 Å². The molecule has 0 bridgehead atoms. The predicted octanol–water partition coefficient (Wildman–Crippen LogP) is 3.98. The SMILES string of the molecule is COc1ccc(-c2cc(C)c3ccc(C(C)O)cc3n2)cc1O. The van der Waals surface area contributed by atoms with Crippen molar-refractivity contribution in [1.82, 2.24) is 4.98 Å². The first-order valence-electron chi connectivity index (χ1n) is 7.46. The van der Waals surface area contributed by atoms with E-state index in [0.717, 1.165) is 33.3 Å². The van der Waals surface area contributed by atoms with E-state index >= 15 is 0 Å². The molecule has 0 radical (unpaired) electrons. The molecule has 0 saturated carbocycles. The molecule has 2 aromatic carbocycles. The maximum Gasteiger partial charge on any atom is 0.160 e. The molecule has 0 spiro atoms. The highest BCUT2D eigenvalue weighted by molar-refractivity contribution is 5.85. The third kappa shape index (κ3) is 2.85. The number of ether oxygens (including phenoxy) is 1. The number of pyridine rings is 1. The molecule has 3 aromatic rings. The van der Waals surface area contributed by atoms with Gasteiger partial charge in [-0.1, -0.05) is 12.1 Å². The Kier molecular flexibility index (Phi) is 3.92. The van der Waals surface area contributed by atoms with E-state index in [1.807, 2.05) is 37.3 Å². The molecule has 0 amide bonds. The monoisotopic (exact) mass is 309 g/mol. The second kappa shape index (κ2) is 5.89. The minimum absolute atomic E-state index is 0.0854. The largest absolute Gasteiger partial charge is 0.504 e. The van der Waals surface area contributed by atoms with Gasteiger partial charge >= 0.3 is 0 Å². The van der Waals surface area contributed by atoms with Crippen LogP contribution in [0, 0.1) is 6.92 Å². The van der Waals surface area contributed by atoms with Crippen molar-refractivity contribution in [2.45, 2.75) is 20.0 Å². The Morgan fingerprint density at radius 1 is 1.09 bits per heavy atom. The van der Waals surface area contributed by atoms with Crippen LogP contribution in [-0.2, 0) is 0 Å². The lowest BCUT2D eigenvalue weighted by atomic mass is 10.0. The van der Waals surface area contributed by atoms with Crippen molar-refractivity contribution >= 4 is 10.9 Å². The molecule has 4 heteroatoms. The maximum absolute atomic E-state index is 9.97. The summed E-state index contributed by atoms with van der Waals surface area (Å²) in [6.45, 7) is 3.76. The molecule has 0 saturated heterocycles. The van der Waals surface area contributed by atoms with Crippen LogP contribution in [0.2, 0.25) is 0 Å². The van der Waals surface area contributed by atoms with Crippen molar-refractivity contribution < 1.29 is 14.9 Å². The van der Waals surface area contributed by atoms with Gasteiger partial charge in [0, 0.05) is 10.9 Å². The molecule has 2 N–H and O–H groups in total. The minimum atomic E-state index is -0.532. The summed E-state index contributed by atoms with van der Waals surface area (Å²) in [4.78, 5) is 4.68. The zero-order chi connectivity index (χ0) is 16.6. The fraction of sp³-hybridized carbons (Fsp3) is 0.211. The number of nitrogens with zero attached hydrogens (tertiary/aromatic N) is 1. The molecule has 0 aliphatic heterocycles. The van der Waals surface area contributed by atoms with Crippen LogP contribution in [-0.4, -0.2) is 22.3 Å². The Hall–Kier alpha value is -2.59. The molecule has 4 nitrogen and oxygen atoms in total. The molecule has 1 atom stereocenters. The van der Waals surface area contributed by atoms with Crippen LogP contribution in [0.25, 0.3) is 22.2 Å². The number of fused-ring (bicyclic) bond motifs is 1. The van der Waals surface area contributed by atoms with Gasteiger partial charge in [-0.25, -0.2) is 4.98 Å². The molecule has 0 aliphatic carbocycles. The molecular formula is C19H19NO3. The third-order valence-electron chi connectivity index (χ3n) is 4.00. The Morgan fingerprint density at radius 2 is 1.87 bits per heavy atom. The molecule has 1 unspecified atom stereocenters. The zero-order valence-electron chi connectivity index (χ0n) is 13.4. The topological polar surface area (TPSA) is 62.6 Å². The number of aromatic hydroxyl groups is 1.